The molecule has 4 nitrogen and oxygen atoms in total. The van der Waals surface area contributed by atoms with Gasteiger partial charge in [0.25, 0.3) is 0 Å². The minimum absolute atomic E-state index is 0.494. The molecule has 1 aromatic heterocycles. The van der Waals surface area contributed by atoms with E-state index in [9.17, 15) is 4.57 Å². The molecule has 0 aliphatic heterocycles. The van der Waals surface area contributed by atoms with Crippen molar-refractivity contribution in [2.45, 2.75) is 0 Å². The second kappa shape index (κ2) is 3.82. The van der Waals surface area contributed by atoms with Gasteiger partial charge < -0.3 is 10.3 Å². The highest BCUT2D eigenvalue weighted by Gasteiger charge is 2.21. The number of nitrogen functional groups attached to an aromatic ring is 1. The average Bonchev–Trinajstić information content (AvgIpc) is 2.15. The largest absolute Gasteiger partial charge is 0.398 e. The minimum Gasteiger partial charge on any atom is -0.398 e. The second-order valence-corrected chi connectivity index (χ2v) is 7.90. The zero-order chi connectivity index (χ0) is 11.9. The Bertz CT molecular complexity index is 608. The molecular formula is C10H11BrN3OP. The molecule has 0 radical (unpaired) electrons. The van der Waals surface area contributed by atoms with Crippen LogP contribution in [0, 0.1) is 0 Å². The molecule has 0 aliphatic carbocycles. The first-order valence-electron chi connectivity index (χ1n) is 4.65. The van der Waals surface area contributed by atoms with Crippen LogP contribution in [0.4, 0.5) is 5.69 Å². The van der Waals surface area contributed by atoms with Crippen molar-refractivity contribution in [3.63, 3.8) is 0 Å². The summed E-state index contributed by atoms with van der Waals surface area (Å²) in [6.45, 7) is 3.36. The number of nitrogens with two attached hydrogens (primary N) is 1. The molecule has 16 heavy (non-hydrogen) atoms. The average molecular weight is 300 g/mol. The van der Waals surface area contributed by atoms with Crippen LogP contribution in [0.25, 0.3) is 11.0 Å². The Morgan fingerprint density at radius 1 is 1.25 bits per heavy atom. The number of hydrogen-bond donors (Lipinski definition) is 1. The highest BCUT2D eigenvalue weighted by Crippen LogP contribution is 2.40. The summed E-state index contributed by atoms with van der Waals surface area (Å²) in [5, 5.41) is 0.610. The Balaban J connectivity index is 2.99. The van der Waals surface area contributed by atoms with E-state index in [-0.39, 0.29) is 0 Å². The summed E-state index contributed by atoms with van der Waals surface area (Å²) in [4.78, 5) is 8.43. The predicted octanol–water partition coefficient (Wildman–Crippen LogP) is 2.22. The molecule has 2 N–H and O–H groups in total. The first-order chi connectivity index (χ1) is 7.41. The maximum atomic E-state index is 12.2. The van der Waals surface area contributed by atoms with Crippen molar-refractivity contribution in [3.05, 3.63) is 22.9 Å². The molecule has 0 saturated carbocycles. The van der Waals surface area contributed by atoms with Crippen molar-refractivity contribution in [2.75, 3.05) is 19.1 Å². The van der Waals surface area contributed by atoms with Gasteiger partial charge >= 0.3 is 0 Å². The Morgan fingerprint density at radius 3 is 2.38 bits per heavy atom. The van der Waals surface area contributed by atoms with Crippen molar-refractivity contribution in [2.24, 2.45) is 0 Å². The van der Waals surface area contributed by atoms with Gasteiger partial charge in [0.1, 0.15) is 18.2 Å². The lowest BCUT2D eigenvalue weighted by atomic mass is 10.2. The van der Waals surface area contributed by atoms with Gasteiger partial charge in [-0.05, 0) is 35.3 Å². The van der Waals surface area contributed by atoms with Crippen LogP contribution in [0.5, 0.6) is 0 Å². The van der Waals surface area contributed by atoms with E-state index in [2.05, 4.69) is 25.9 Å². The van der Waals surface area contributed by atoms with Crippen molar-refractivity contribution in [1.82, 2.24) is 9.97 Å². The fraction of sp³-hybridized carbons (Fsp3) is 0.200. The molecule has 0 aliphatic rings. The molecular weight excluding hydrogens is 289 g/mol. The van der Waals surface area contributed by atoms with Gasteiger partial charge in [0.2, 0.25) is 0 Å². The van der Waals surface area contributed by atoms with Gasteiger partial charge in [-0.3, -0.25) is 9.97 Å². The molecule has 1 heterocycles. The molecule has 2 aromatic rings. The molecule has 0 atom stereocenters. The zero-order valence-corrected chi connectivity index (χ0v) is 11.4. The number of nitrogens with zero attached hydrogens (tertiary/aromatic N) is 2. The van der Waals surface area contributed by atoms with E-state index in [0.29, 0.717) is 22.0 Å². The summed E-state index contributed by atoms with van der Waals surface area (Å²) < 4.78 is 13.0. The third-order valence-electron chi connectivity index (χ3n) is 2.24. The summed E-state index contributed by atoms with van der Waals surface area (Å²) in [5.41, 5.74) is 7.70. The van der Waals surface area contributed by atoms with Crippen LogP contribution in [0.1, 0.15) is 0 Å². The second-order valence-electron chi connectivity index (χ2n) is 3.90. The fourth-order valence-electron chi connectivity index (χ4n) is 1.66. The van der Waals surface area contributed by atoms with Crippen molar-refractivity contribution >= 4 is 45.1 Å². The molecule has 84 valence electrons. The molecule has 0 amide bonds. The Morgan fingerprint density at radius 2 is 1.81 bits per heavy atom. The monoisotopic (exact) mass is 299 g/mol. The van der Waals surface area contributed by atoms with Crippen molar-refractivity contribution in [3.8, 4) is 0 Å². The van der Waals surface area contributed by atoms with E-state index >= 15 is 0 Å². The highest BCUT2D eigenvalue weighted by atomic mass is 79.9. The lowest BCUT2D eigenvalue weighted by molar-refractivity contribution is 0.588. The van der Waals surface area contributed by atoms with Crippen LogP contribution in [0.15, 0.2) is 22.9 Å². The molecule has 1 aromatic carbocycles. The van der Waals surface area contributed by atoms with Gasteiger partial charge in [-0.2, -0.15) is 0 Å². The summed E-state index contributed by atoms with van der Waals surface area (Å²) in [6.07, 6.45) is 3.18. The van der Waals surface area contributed by atoms with Gasteiger partial charge in [-0.25, -0.2) is 0 Å². The van der Waals surface area contributed by atoms with E-state index < -0.39 is 7.14 Å². The standard InChI is InChI=1S/C10H11BrN3OP/c1-16(2,15)10-7(12)5-6(11)8-9(10)14-4-3-13-8/h3-5H,12H2,1-2H3. The van der Waals surface area contributed by atoms with Gasteiger partial charge in [-0.1, -0.05) is 0 Å². The van der Waals surface area contributed by atoms with E-state index in [1.807, 2.05) is 0 Å². The van der Waals surface area contributed by atoms with Crippen LogP contribution >= 0.6 is 23.1 Å². The Labute approximate surface area is 102 Å². The van der Waals surface area contributed by atoms with E-state index in [1.165, 1.54) is 0 Å². The van der Waals surface area contributed by atoms with Gasteiger partial charge in [-0.15, -0.1) is 0 Å². The van der Waals surface area contributed by atoms with E-state index in [4.69, 9.17) is 5.73 Å². The third kappa shape index (κ3) is 1.85. The molecule has 2 rings (SSSR count). The first kappa shape index (κ1) is 11.6. The van der Waals surface area contributed by atoms with Crippen LogP contribution in [0.3, 0.4) is 0 Å². The van der Waals surface area contributed by atoms with Crippen LogP contribution in [-0.4, -0.2) is 23.3 Å². The van der Waals surface area contributed by atoms with E-state index in [1.54, 1.807) is 31.8 Å². The van der Waals surface area contributed by atoms with Gasteiger partial charge in [0.15, 0.2) is 0 Å². The molecule has 0 fully saturated rings. The third-order valence-corrected chi connectivity index (χ3v) is 4.39. The maximum absolute atomic E-state index is 12.2. The topological polar surface area (TPSA) is 68.9 Å². The van der Waals surface area contributed by atoms with Crippen molar-refractivity contribution < 1.29 is 4.57 Å². The lowest BCUT2D eigenvalue weighted by Gasteiger charge is -2.13. The van der Waals surface area contributed by atoms with Gasteiger partial charge in [0.05, 0.1) is 5.30 Å². The number of fused-ring (bicyclic) bond motifs is 1. The minimum atomic E-state index is -2.47. The summed E-state index contributed by atoms with van der Waals surface area (Å²) in [5.74, 6) is 0. The van der Waals surface area contributed by atoms with Gasteiger partial charge in [0, 0.05) is 22.6 Å². The maximum Gasteiger partial charge on any atom is 0.114 e. The molecule has 0 saturated heterocycles. The SMILES string of the molecule is CP(C)(=O)c1c(N)cc(Br)c2nccnc12. The number of halogens is 1. The van der Waals surface area contributed by atoms with E-state index in [0.717, 1.165) is 4.47 Å². The number of anilines is 1. The molecule has 0 spiro atoms. The molecule has 0 unspecified atom stereocenters. The number of rotatable bonds is 1. The summed E-state index contributed by atoms with van der Waals surface area (Å²) in [6, 6.07) is 1.73. The fourth-order valence-corrected chi connectivity index (χ4v) is 3.56. The lowest BCUT2D eigenvalue weighted by Crippen LogP contribution is -2.13. The normalized spacial score (nSPS) is 11.9. The van der Waals surface area contributed by atoms with Crippen LogP contribution in [-0.2, 0) is 4.57 Å². The highest BCUT2D eigenvalue weighted by molar-refractivity contribution is 9.10. The first-order valence-corrected chi connectivity index (χ1v) is 8.05. The molecule has 6 heteroatoms. The molecule has 0 bridgehead atoms. The van der Waals surface area contributed by atoms with Crippen LogP contribution in [0.2, 0.25) is 0 Å². The summed E-state index contributed by atoms with van der Waals surface area (Å²) >= 11 is 3.38. The predicted molar refractivity (Wildman–Crippen MR) is 70.7 cm³/mol. The number of hydrogen-bond acceptors (Lipinski definition) is 4. The summed E-state index contributed by atoms with van der Waals surface area (Å²) in [7, 11) is -2.47. The zero-order valence-electron chi connectivity index (χ0n) is 8.94. The Hall–Kier alpha value is -0.930. The smallest absolute Gasteiger partial charge is 0.114 e. The van der Waals surface area contributed by atoms with Crippen LogP contribution < -0.4 is 11.0 Å². The quantitative estimate of drug-likeness (QED) is 0.647. The Kier molecular flexibility index (Phi) is 2.76. The number of aromatic nitrogens is 2. The van der Waals surface area contributed by atoms with Crippen molar-refractivity contribution in [1.29, 1.82) is 0 Å². The number of benzene rings is 1.